The molecule has 0 radical (unpaired) electrons. The number of anilines is 1. The van der Waals surface area contributed by atoms with Crippen LogP contribution in [-0.4, -0.2) is 38.7 Å². The van der Waals surface area contributed by atoms with Crippen LogP contribution in [0.5, 0.6) is 11.5 Å². The Morgan fingerprint density at radius 1 is 1.07 bits per heavy atom. The maximum Gasteiger partial charge on any atom is 0.414 e. The van der Waals surface area contributed by atoms with Crippen LogP contribution in [0.3, 0.4) is 0 Å². The third kappa shape index (κ3) is 3.54. The smallest absolute Gasteiger partial charge is 0.414 e. The topological polar surface area (TPSA) is 65.1 Å². The van der Waals surface area contributed by atoms with Crippen molar-refractivity contribution in [3.05, 3.63) is 53.6 Å². The molecule has 1 heterocycles. The molecule has 1 amide bonds. The largest absolute Gasteiger partial charge is 0.493 e. The molecule has 3 rings (SSSR count). The van der Waals surface area contributed by atoms with Crippen molar-refractivity contribution < 1.29 is 23.8 Å². The van der Waals surface area contributed by atoms with Gasteiger partial charge in [0, 0.05) is 17.7 Å². The monoisotopic (exact) mass is 383 g/mol. The summed E-state index contributed by atoms with van der Waals surface area (Å²) in [6.45, 7) is 3.96. The molecule has 28 heavy (non-hydrogen) atoms. The summed E-state index contributed by atoms with van der Waals surface area (Å²) in [6, 6.07) is 12.5. The molecule has 148 valence electrons. The molecule has 0 aliphatic carbocycles. The Kier molecular flexibility index (Phi) is 5.87. The van der Waals surface area contributed by atoms with Crippen molar-refractivity contribution in [2.75, 3.05) is 25.7 Å². The maximum absolute atomic E-state index is 13.3. The van der Waals surface area contributed by atoms with Gasteiger partial charge < -0.3 is 14.2 Å². The summed E-state index contributed by atoms with van der Waals surface area (Å²) in [6.07, 6.45) is 0.0590. The number of hydrogen-bond donors (Lipinski definition) is 0. The summed E-state index contributed by atoms with van der Waals surface area (Å²) in [5.74, 6) is 0.642. The van der Waals surface area contributed by atoms with Crippen LogP contribution in [0.4, 0.5) is 10.5 Å². The Morgan fingerprint density at radius 2 is 1.71 bits per heavy atom. The van der Waals surface area contributed by atoms with E-state index in [1.165, 1.54) is 7.11 Å². The molecule has 0 saturated carbocycles. The molecule has 6 nitrogen and oxygen atoms in total. The quantitative estimate of drug-likeness (QED) is 0.715. The number of ether oxygens (including phenoxy) is 3. The highest BCUT2D eigenvalue weighted by atomic mass is 16.6. The summed E-state index contributed by atoms with van der Waals surface area (Å²) < 4.78 is 16.1. The Bertz CT molecular complexity index is 865. The van der Waals surface area contributed by atoms with Gasteiger partial charge in [-0.15, -0.1) is 0 Å². The lowest BCUT2D eigenvalue weighted by Gasteiger charge is -2.38. The highest BCUT2D eigenvalue weighted by Gasteiger charge is 2.39. The number of benzene rings is 2. The van der Waals surface area contributed by atoms with Crippen molar-refractivity contribution in [3.63, 3.8) is 0 Å². The Labute approximate surface area is 165 Å². The molecule has 2 aromatic carbocycles. The van der Waals surface area contributed by atoms with E-state index in [9.17, 15) is 9.59 Å². The molecule has 1 aliphatic rings. The molecule has 2 atom stereocenters. The molecule has 0 aromatic heterocycles. The van der Waals surface area contributed by atoms with Crippen LogP contribution in [-0.2, 0) is 4.74 Å². The molecule has 2 aromatic rings. The number of carbonyl (C=O) groups excluding carboxylic acids is 2. The zero-order valence-corrected chi connectivity index (χ0v) is 16.6. The molecular weight excluding hydrogens is 358 g/mol. The van der Waals surface area contributed by atoms with Gasteiger partial charge in [-0.3, -0.25) is 9.69 Å². The third-order valence-corrected chi connectivity index (χ3v) is 5.02. The molecule has 0 saturated heterocycles. The van der Waals surface area contributed by atoms with Gasteiger partial charge >= 0.3 is 6.09 Å². The van der Waals surface area contributed by atoms with Crippen molar-refractivity contribution in [2.45, 2.75) is 32.2 Å². The normalized spacial score (nSPS) is 18.2. The summed E-state index contributed by atoms with van der Waals surface area (Å²) in [5.41, 5.74) is 1.99. The lowest BCUT2D eigenvalue weighted by atomic mass is 9.81. The van der Waals surface area contributed by atoms with Crippen LogP contribution in [0.1, 0.15) is 42.1 Å². The van der Waals surface area contributed by atoms with Gasteiger partial charge in [0.15, 0.2) is 17.3 Å². The van der Waals surface area contributed by atoms with Gasteiger partial charge in [-0.1, -0.05) is 30.3 Å². The highest BCUT2D eigenvalue weighted by Crippen LogP contribution is 2.45. The maximum atomic E-state index is 13.3. The summed E-state index contributed by atoms with van der Waals surface area (Å²) in [5, 5.41) is 0. The first-order valence-electron chi connectivity index (χ1n) is 9.32. The minimum absolute atomic E-state index is 0.0180. The van der Waals surface area contributed by atoms with E-state index < -0.39 is 12.0 Å². The molecular formula is C22H25NO5. The van der Waals surface area contributed by atoms with Gasteiger partial charge in [-0.25, -0.2) is 4.79 Å². The molecule has 6 heteroatoms. The van der Waals surface area contributed by atoms with Crippen molar-refractivity contribution in [2.24, 2.45) is 0 Å². The molecule has 0 N–H and O–H groups in total. The van der Waals surface area contributed by atoms with Crippen LogP contribution >= 0.6 is 0 Å². The number of rotatable bonds is 5. The van der Waals surface area contributed by atoms with Gasteiger partial charge in [0.2, 0.25) is 0 Å². The molecule has 0 bridgehead atoms. The highest BCUT2D eigenvalue weighted by molar-refractivity contribution is 6.04. The third-order valence-electron chi connectivity index (χ3n) is 5.02. The van der Waals surface area contributed by atoms with Crippen LogP contribution in [0.25, 0.3) is 0 Å². The first kappa shape index (κ1) is 19.7. The average Bonchev–Trinajstić information content (AvgIpc) is 2.72. The molecule has 0 spiro atoms. The van der Waals surface area contributed by atoms with E-state index in [-0.39, 0.29) is 18.4 Å². The van der Waals surface area contributed by atoms with Gasteiger partial charge in [0.25, 0.3) is 0 Å². The van der Waals surface area contributed by atoms with Crippen LogP contribution in [0.2, 0.25) is 0 Å². The first-order chi connectivity index (χ1) is 13.5. The Hall–Kier alpha value is -3.02. The fraction of sp³-hybridized carbons (Fsp3) is 0.364. The second-order valence-corrected chi connectivity index (χ2v) is 6.70. The Balaban J connectivity index is 2.14. The van der Waals surface area contributed by atoms with E-state index in [2.05, 4.69) is 0 Å². The summed E-state index contributed by atoms with van der Waals surface area (Å²) >= 11 is 0. The predicted octanol–water partition coefficient (Wildman–Crippen LogP) is 4.43. The van der Waals surface area contributed by atoms with E-state index in [0.717, 1.165) is 5.56 Å². The van der Waals surface area contributed by atoms with E-state index in [0.29, 0.717) is 29.2 Å². The standard InChI is InChI=1S/C22H25NO5/c1-5-28-22(25)23-14(2)11-17(21(24)15-9-7-6-8-10-15)16-12-19(26-3)20(27-4)13-18(16)23/h6-10,12-14,17H,5,11H2,1-4H3/t14-,17?/m0/s1. The minimum atomic E-state index is -0.436. The summed E-state index contributed by atoms with van der Waals surface area (Å²) in [7, 11) is 3.09. The average molecular weight is 383 g/mol. The van der Waals surface area contributed by atoms with Crippen LogP contribution < -0.4 is 14.4 Å². The lowest BCUT2D eigenvalue weighted by Crippen LogP contribution is -2.44. The van der Waals surface area contributed by atoms with Gasteiger partial charge in [-0.2, -0.15) is 0 Å². The second kappa shape index (κ2) is 8.33. The molecule has 0 fully saturated rings. The molecule has 1 unspecified atom stereocenters. The van der Waals surface area contributed by atoms with E-state index >= 15 is 0 Å². The first-order valence-corrected chi connectivity index (χ1v) is 9.32. The predicted molar refractivity (Wildman–Crippen MR) is 107 cm³/mol. The number of ketones is 1. The number of carbonyl (C=O) groups is 2. The minimum Gasteiger partial charge on any atom is -0.493 e. The second-order valence-electron chi connectivity index (χ2n) is 6.70. The lowest BCUT2D eigenvalue weighted by molar-refractivity contribution is 0.0946. The number of Topliss-reactive ketones (excluding diaryl/α,β-unsaturated/α-hetero) is 1. The summed E-state index contributed by atoms with van der Waals surface area (Å²) in [4.78, 5) is 27.5. The van der Waals surface area contributed by atoms with E-state index in [4.69, 9.17) is 14.2 Å². The van der Waals surface area contributed by atoms with Crippen LogP contribution in [0, 0.1) is 0 Å². The van der Waals surface area contributed by atoms with Crippen molar-refractivity contribution in [3.8, 4) is 11.5 Å². The zero-order chi connectivity index (χ0) is 20.3. The SMILES string of the molecule is CCOC(=O)N1c2cc(OC)c(OC)cc2C(C(=O)c2ccccc2)C[C@@H]1C. The number of methoxy groups -OCH3 is 2. The van der Waals surface area contributed by atoms with Crippen LogP contribution in [0.15, 0.2) is 42.5 Å². The van der Waals surface area contributed by atoms with E-state index in [1.54, 1.807) is 31.1 Å². The Morgan fingerprint density at radius 3 is 2.32 bits per heavy atom. The number of fused-ring (bicyclic) bond motifs is 1. The van der Waals surface area contributed by atoms with Gasteiger partial charge in [0.1, 0.15) is 0 Å². The van der Waals surface area contributed by atoms with Crippen molar-refractivity contribution >= 4 is 17.6 Å². The number of amides is 1. The number of hydrogen-bond acceptors (Lipinski definition) is 5. The number of nitrogens with zero attached hydrogens (tertiary/aromatic N) is 1. The van der Waals surface area contributed by atoms with Gasteiger partial charge in [0.05, 0.1) is 32.4 Å². The van der Waals surface area contributed by atoms with Crippen molar-refractivity contribution in [1.29, 1.82) is 0 Å². The fourth-order valence-corrected chi connectivity index (χ4v) is 3.71. The van der Waals surface area contributed by atoms with Gasteiger partial charge in [-0.05, 0) is 31.9 Å². The van der Waals surface area contributed by atoms with E-state index in [1.807, 2.05) is 37.3 Å². The molecule has 1 aliphatic heterocycles. The van der Waals surface area contributed by atoms with Crippen molar-refractivity contribution in [1.82, 2.24) is 0 Å². The fourth-order valence-electron chi connectivity index (χ4n) is 3.71. The zero-order valence-electron chi connectivity index (χ0n) is 16.6.